The van der Waals surface area contributed by atoms with Gasteiger partial charge >= 0.3 is 6.18 Å². The normalized spacial score (nSPS) is 12.1. The minimum atomic E-state index is -4.43. The molecule has 1 N–H and O–H groups in total. The average Bonchev–Trinajstić information content (AvgIpc) is 3.05. The largest absolute Gasteiger partial charge is 0.417 e. The number of thioether (sulfide) groups is 1. The molecule has 4 nitrogen and oxygen atoms in total. The Morgan fingerprint density at radius 3 is 2.41 bits per heavy atom. The van der Waals surface area contributed by atoms with Gasteiger partial charge in [0.05, 0.1) is 27.8 Å². The highest BCUT2D eigenvalue weighted by Crippen LogP contribution is 2.30. The maximum atomic E-state index is 12.5. The van der Waals surface area contributed by atoms with Crippen molar-refractivity contribution in [2.75, 3.05) is 5.75 Å². The minimum Gasteiger partial charge on any atom is -0.351 e. The third-order valence-corrected chi connectivity index (χ3v) is 5.53. The van der Waals surface area contributed by atoms with Crippen molar-refractivity contribution in [3.8, 4) is 0 Å². The molecule has 9 heteroatoms. The molecule has 0 saturated carbocycles. The van der Waals surface area contributed by atoms with Crippen molar-refractivity contribution in [3.63, 3.8) is 0 Å². The highest BCUT2D eigenvalue weighted by molar-refractivity contribution is 7.99. The summed E-state index contributed by atoms with van der Waals surface area (Å²) in [5.41, 5.74) is -1.31. The van der Waals surface area contributed by atoms with Crippen LogP contribution in [0, 0.1) is 5.41 Å². The maximum absolute atomic E-state index is 12.5. The molecule has 0 aliphatic carbocycles. The number of alkyl halides is 3. The number of ketones is 1. The number of hydrogen-bond acceptors (Lipinski definition) is 5. The molecular formula is C18H19F3N2O2S2. The third kappa shape index (κ3) is 6.35. The smallest absolute Gasteiger partial charge is 0.351 e. The van der Waals surface area contributed by atoms with Gasteiger partial charge in [0.25, 0.3) is 0 Å². The number of carbonyl (C=O) groups excluding carboxylic acids is 2. The Balaban J connectivity index is 1.88. The highest BCUT2D eigenvalue weighted by Gasteiger charge is 2.30. The molecular weight excluding hydrogens is 397 g/mol. The van der Waals surface area contributed by atoms with Crippen LogP contribution in [-0.4, -0.2) is 22.4 Å². The van der Waals surface area contributed by atoms with Crippen LogP contribution in [0.2, 0.25) is 0 Å². The van der Waals surface area contributed by atoms with E-state index >= 15 is 0 Å². The predicted octanol–water partition coefficient (Wildman–Crippen LogP) is 4.80. The van der Waals surface area contributed by atoms with Gasteiger partial charge in [0.1, 0.15) is 0 Å². The monoisotopic (exact) mass is 416 g/mol. The van der Waals surface area contributed by atoms with Crippen molar-refractivity contribution >= 4 is 34.8 Å². The molecule has 1 amide bonds. The van der Waals surface area contributed by atoms with Crippen LogP contribution in [0.3, 0.4) is 0 Å². The first-order valence-electron chi connectivity index (χ1n) is 8.03. The molecule has 0 spiro atoms. The van der Waals surface area contributed by atoms with Crippen LogP contribution in [0.4, 0.5) is 13.2 Å². The molecule has 146 valence electrons. The van der Waals surface area contributed by atoms with Gasteiger partial charge < -0.3 is 5.32 Å². The predicted molar refractivity (Wildman–Crippen MR) is 99.9 cm³/mol. The Hall–Kier alpha value is -1.87. The molecule has 0 aliphatic rings. The topological polar surface area (TPSA) is 59.1 Å². The second-order valence-electron chi connectivity index (χ2n) is 6.79. The van der Waals surface area contributed by atoms with E-state index in [4.69, 9.17) is 0 Å². The lowest BCUT2D eigenvalue weighted by Crippen LogP contribution is -2.34. The molecule has 0 atom stereocenters. The number of halogens is 3. The number of carbonyl (C=O) groups is 2. The van der Waals surface area contributed by atoms with Gasteiger partial charge in [-0.05, 0) is 24.3 Å². The van der Waals surface area contributed by atoms with Crippen molar-refractivity contribution in [3.05, 3.63) is 45.8 Å². The lowest BCUT2D eigenvalue weighted by molar-refractivity contribution is -0.137. The fraction of sp³-hybridized carbons (Fsp3) is 0.389. The molecule has 2 rings (SSSR count). The molecule has 2 aromatic rings. The van der Waals surface area contributed by atoms with E-state index in [1.807, 2.05) is 20.8 Å². The number of Topliss-reactive ketones (excluding diaryl/α,β-unsaturated/α-hetero) is 1. The highest BCUT2D eigenvalue weighted by atomic mass is 32.2. The van der Waals surface area contributed by atoms with E-state index in [-0.39, 0.29) is 17.4 Å². The van der Waals surface area contributed by atoms with E-state index in [9.17, 15) is 22.8 Å². The van der Waals surface area contributed by atoms with Gasteiger partial charge in [-0.3, -0.25) is 9.59 Å². The standard InChI is InChI=1S/C18H19F3N2O2S2/c1-17(2,3)16(25)23-9-12-5-6-14(27-12)13(24)10-26-15-7-4-11(8-22-15)18(19,20)21/h4-8H,9-10H2,1-3H3,(H,23,25). The number of thiophene rings is 1. The molecule has 0 fully saturated rings. The third-order valence-electron chi connectivity index (χ3n) is 3.46. The molecule has 0 radical (unpaired) electrons. The van der Waals surface area contributed by atoms with Gasteiger partial charge in [-0.25, -0.2) is 4.98 Å². The first-order chi connectivity index (χ1) is 12.5. The van der Waals surface area contributed by atoms with Crippen molar-refractivity contribution in [1.82, 2.24) is 10.3 Å². The number of nitrogens with zero attached hydrogens (tertiary/aromatic N) is 1. The van der Waals surface area contributed by atoms with Crippen molar-refractivity contribution in [2.24, 2.45) is 5.41 Å². The van der Waals surface area contributed by atoms with Gasteiger partial charge in [-0.15, -0.1) is 11.3 Å². The molecule has 2 aromatic heterocycles. The van der Waals surface area contributed by atoms with E-state index in [1.165, 1.54) is 17.4 Å². The fourth-order valence-electron chi connectivity index (χ4n) is 1.90. The first-order valence-corrected chi connectivity index (χ1v) is 9.83. The molecule has 0 unspecified atom stereocenters. The Labute approximate surface area is 163 Å². The van der Waals surface area contributed by atoms with Gasteiger partial charge in [0.2, 0.25) is 5.91 Å². The summed E-state index contributed by atoms with van der Waals surface area (Å²) in [6.07, 6.45) is -3.67. The number of pyridine rings is 1. The summed E-state index contributed by atoms with van der Waals surface area (Å²) < 4.78 is 37.5. The van der Waals surface area contributed by atoms with Crippen LogP contribution in [0.25, 0.3) is 0 Å². The SMILES string of the molecule is CC(C)(C)C(=O)NCc1ccc(C(=O)CSc2ccc(C(F)(F)F)cn2)s1. The van der Waals surface area contributed by atoms with E-state index in [1.54, 1.807) is 12.1 Å². The number of nitrogens with one attached hydrogen (secondary N) is 1. The number of hydrogen-bond donors (Lipinski definition) is 1. The fourth-order valence-corrected chi connectivity index (χ4v) is 3.60. The molecule has 0 aliphatic heterocycles. The summed E-state index contributed by atoms with van der Waals surface area (Å²) in [6.45, 7) is 5.80. The molecule has 0 saturated heterocycles. The van der Waals surface area contributed by atoms with Crippen LogP contribution in [-0.2, 0) is 17.5 Å². The van der Waals surface area contributed by atoms with E-state index in [2.05, 4.69) is 10.3 Å². The van der Waals surface area contributed by atoms with Crippen LogP contribution >= 0.6 is 23.1 Å². The zero-order chi connectivity index (χ0) is 20.2. The lowest BCUT2D eigenvalue weighted by Gasteiger charge is -2.17. The van der Waals surface area contributed by atoms with E-state index in [0.717, 1.165) is 28.9 Å². The molecule has 0 bridgehead atoms. The quantitative estimate of drug-likeness (QED) is 0.543. The Kier molecular flexibility index (Phi) is 6.69. The number of aromatic nitrogens is 1. The van der Waals surface area contributed by atoms with Gasteiger partial charge in [-0.2, -0.15) is 13.2 Å². The van der Waals surface area contributed by atoms with Crippen molar-refractivity contribution in [2.45, 2.75) is 38.5 Å². The van der Waals surface area contributed by atoms with Crippen LogP contribution in [0.1, 0.15) is 40.9 Å². The Morgan fingerprint density at radius 2 is 1.85 bits per heavy atom. The van der Waals surface area contributed by atoms with Crippen LogP contribution < -0.4 is 5.32 Å². The summed E-state index contributed by atoms with van der Waals surface area (Å²) in [6, 6.07) is 5.66. The van der Waals surface area contributed by atoms with E-state index < -0.39 is 17.2 Å². The average molecular weight is 416 g/mol. The Bertz CT molecular complexity index is 809. The molecule has 27 heavy (non-hydrogen) atoms. The van der Waals surface area contributed by atoms with E-state index in [0.29, 0.717) is 16.4 Å². The molecule has 0 aromatic carbocycles. The van der Waals surface area contributed by atoms with Crippen molar-refractivity contribution in [1.29, 1.82) is 0 Å². The lowest BCUT2D eigenvalue weighted by atomic mass is 9.96. The molecule has 2 heterocycles. The first kappa shape index (κ1) is 21.4. The van der Waals surface area contributed by atoms with Gasteiger partial charge in [-0.1, -0.05) is 32.5 Å². The second-order valence-corrected chi connectivity index (χ2v) is 8.96. The second kappa shape index (κ2) is 8.43. The van der Waals surface area contributed by atoms with Gasteiger partial charge in [0.15, 0.2) is 5.78 Å². The summed E-state index contributed by atoms with van der Waals surface area (Å²) >= 11 is 2.37. The number of amides is 1. The number of rotatable bonds is 6. The zero-order valence-electron chi connectivity index (χ0n) is 15.0. The maximum Gasteiger partial charge on any atom is 0.417 e. The van der Waals surface area contributed by atoms with Gasteiger partial charge in [0, 0.05) is 16.5 Å². The summed E-state index contributed by atoms with van der Waals surface area (Å²) in [5, 5.41) is 3.17. The van der Waals surface area contributed by atoms with Crippen LogP contribution in [0.15, 0.2) is 35.5 Å². The summed E-state index contributed by atoms with van der Waals surface area (Å²) in [5.74, 6) is -0.139. The summed E-state index contributed by atoms with van der Waals surface area (Å²) in [4.78, 5) is 29.2. The summed E-state index contributed by atoms with van der Waals surface area (Å²) in [7, 11) is 0. The Morgan fingerprint density at radius 1 is 1.15 bits per heavy atom. The van der Waals surface area contributed by atoms with Crippen molar-refractivity contribution < 1.29 is 22.8 Å². The minimum absolute atomic E-state index is 0.0761. The zero-order valence-corrected chi connectivity index (χ0v) is 16.6. The van der Waals surface area contributed by atoms with Crippen LogP contribution in [0.5, 0.6) is 0 Å².